The zero-order valence-electron chi connectivity index (χ0n) is 11.2. The van der Waals surface area contributed by atoms with Crippen LogP contribution in [0.5, 0.6) is 0 Å². The molecule has 1 aromatic carbocycles. The molecular weight excluding hydrogens is 278 g/mol. The lowest BCUT2D eigenvalue weighted by Gasteiger charge is -2.26. The minimum atomic E-state index is -0.831. The zero-order valence-corrected chi connectivity index (χ0v) is 11.9. The highest BCUT2D eigenvalue weighted by atomic mass is 35.5. The molecule has 0 aliphatic heterocycles. The van der Waals surface area contributed by atoms with E-state index in [1.165, 1.54) is 0 Å². The van der Waals surface area contributed by atoms with Crippen molar-refractivity contribution < 1.29 is 14.7 Å². The molecule has 1 fully saturated rings. The van der Waals surface area contributed by atoms with Gasteiger partial charge in [-0.15, -0.1) is 0 Å². The standard InChI is InChI=1S/C15H18ClNO3/c16-11-4-3-5-12(8-11)17-13(18)9-15(10-14(19)20)6-1-2-7-15/h3-5,8H,1-2,6-7,9-10H2,(H,17,18)(H,19,20). The van der Waals surface area contributed by atoms with Gasteiger partial charge in [-0.05, 0) is 36.5 Å². The van der Waals surface area contributed by atoms with E-state index in [4.69, 9.17) is 16.7 Å². The quantitative estimate of drug-likeness (QED) is 0.870. The number of carboxylic acid groups (broad SMARTS) is 1. The molecule has 0 heterocycles. The maximum atomic E-state index is 12.1. The molecule has 0 bridgehead atoms. The Hall–Kier alpha value is -1.55. The van der Waals surface area contributed by atoms with E-state index in [2.05, 4.69) is 5.32 Å². The Kier molecular flexibility index (Phi) is 4.65. The maximum Gasteiger partial charge on any atom is 0.303 e. The van der Waals surface area contributed by atoms with Gasteiger partial charge in [-0.3, -0.25) is 9.59 Å². The molecule has 4 nitrogen and oxygen atoms in total. The fourth-order valence-corrected chi connectivity index (χ4v) is 3.16. The lowest BCUT2D eigenvalue weighted by molar-refractivity contribution is -0.140. The van der Waals surface area contributed by atoms with Gasteiger partial charge in [-0.25, -0.2) is 0 Å². The van der Waals surface area contributed by atoms with Crippen molar-refractivity contribution >= 4 is 29.2 Å². The van der Waals surface area contributed by atoms with Gasteiger partial charge in [0, 0.05) is 17.1 Å². The Morgan fingerprint density at radius 2 is 1.95 bits per heavy atom. The number of anilines is 1. The number of hydrogen-bond acceptors (Lipinski definition) is 2. The molecule has 2 rings (SSSR count). The Bertz CT molecular complexity index is 510. The number of rotatable bonds is 5. The van der Waals surface area contributed by atoms with Crippen LogP contribution in [0.1, 0.15) is 38.5 Å². The smallest absolute Gasteiger partial charge is 0.303 e. The van der Waals surface area contributed by atoms with Crippen LogP contribution in [0.2, 0.25) is 5.02 Å². The molecular formula is C15H18ClNO3. The van der Waals surface area contributed by atoms with Gasteiger partial charge in [0.25, 0.3) is 0 Å². The molecule has 1 aliphatic rings. The molecule has 0 aromatic heterocycles. The van der Waals surface area contributed by atoms with Crippen molar-refractivity contribution in [1.82, 2.24) is 0 Å². The van der Waals surface area contributed by atoms with Crippen molar-refractivity contribution in [2.45, 2.75) is 38.5 Å². The second-order valence-electron chi connectivity index (χ2n) is 5.51. The highest BCUT2D eigenvalue weighted by Gasteiger charge is 2.37. The van der Waals surface area contributed by atoms with Crippen LogP contribution in [-0.4, -0.2) is 17.0 Å². The first-order valence-electron chi connectivity index (χ1n) is 6.76. The van der Waals surface area contributed by atoms with Gasteiger partial charge in [-0.2, -0.15) is 0 Å². The van der Waals surface area contributed by atoms with E-state index in [1.54, 1.807) is 24.3 Å². The predicted molar refractivity (Wildman–Crippen MR) is 77.9 cm³/mol. The maximum absolute atomic E-state index is 12.1. The number of carbonyl (C=O) groups is 2. The van der Waals surface area contributed by atoms with Crippen LogP contribution in [0, 0.1) is 5.41 Å². The van der Waals surface area contributed by atoms with Gasteiger partial charge in [0.1, 0.15) is 0 Å². The molecule has 1 amide bonds. The van der Waals surface area contributed by atoms with Crippen molar-refractivity contribution in [3.8, 4) is 0 Å². The Morgan fingerprint density at radius 1 is 1.25 bits per heavy atom. The number of aliphatic carboxylic acids is 1. The summed E-state index contributed by atoms with van der Waals surface area (Å²) in [5, 5.41) is 12.4. The third-order valence-electron chi connectivity index (χ3n) is 3.83. The number of nitrogens with one attached hydrogen (secondary N) is 1. The normalized spacial score (nSPS) is 16.9. The Morgan fingerprint density at radius 3 is 2.55 bits per heavy atom. The topological polar surface area (TPSA) is 66.4 Å². The summed E-state index contributed by atoms with van der Waals surface area (Å²) in [6.07, 6.45) is 3.93. The van der Waals surface area contributed by atoms with E-state index >= 15 is 0 Å². The van der Waals surface area contributed by atoms with Crippen LogP contribution in [0.4, 0.5) is 5.69 Å². The summed E-state index contributed by atoms with van der Waals surface area (Å²) in [5.74, 6) is -0.974. The average molecular weight is 296 g/mol. The van der Waals surface area contributed by atoms with E-state index in [1.807, 2.05) is 0 Å². The van der Waals surface area contributed by atoms with E-state index in [0.717, 1.165) is 25.7 Å². The summed E-state index contributed by atoms with van der Waals surface area (Å²) >= 11 is 5.87. The molecule has 20 heavy (non-hydrogen) atoms. The fourth-order valence-electron chi connectivity index (χ4n) is 2.97. The molecule has 1 aromatic rings. The van der Waals surface area contributed by atoms with Gasteiger partial charge in [0.15, 0.2) is 0 Å². The molecule has 5 heteroatoms. The number of halogens is 1. The minimum absolute atomic E-state index is 0.0654. The highest BCUT2D eigenvalue weighted by Crippen LogP contribution is 2.44. The Balaban J connectivity index is 2.00. The Labute approximate surface area is 123 Å². The predicted octanol–water partition coefficient (Wildman–Crippen LogP) is 3.70. The average Bonchev–Trinajstić information content (AvgIpc) is 2.75. The summed E-state index contributed by atoms with van der Waals surface area (Å²) in [7, 11) is 0. The second kappa shape index (κ2) is 6.27. The molecule has 108 valence electrons. The van der Waals surface area contributed by atoms with Crippen molar-refractivity contribution in [1.29, 1.82) is 0 Å². The SMILES string of the molecule is O=C(O)CC1(CC(=O)Nc2cccc(Cl)c2)CCCC1. The zero-order chi connectivity index (χ0) is 14.6. The van der Waals surface area contributed by atoms with E-state index in [0.29, 0.717) is 10.7 Å². The highest BCUT2D eigenvalue weighted by molar-refractivity contribution is 6.30. The molecule has 2 N–H and O–H groups in total. The monoisotopic (exact) mass is 295 g/mol. The molecule has 0 atom stereocenters. The van der Waals surface area contributed by atoms with Crippen LogP contribution >= 0.6 is 11.6 Å². The largest absolute Gasteiger partial charge is 0.481 e. The lowest BCUT2D eigenvalue weighted by Crippen LogP contribution is -2.27. The molecule has 1 saturated carbocycles. The van der Waals surface area contributed by atoms with Crippen LogP contribution < -0.4 is 5.32 Å². The fraction of sp³-hybridized carbons (Fsp3) is 0.467. The third-order valence-corrected chi connectivity index (χ3v) is 4.07. The first kappa shape index (κ1) is 14.9. The molecule has 0 radical (unpaired) electrons. The number of carbonyl (C=O) groups excluding carboxylic acids is 1. The number of carboxylic acids is 1. The van der Waals surface area contributed by atoms with Crippen LogP contribution in [0.25, 0.3) is 0 Å². The molecule has 0 spiro atoms. The summed E-state index contributed by atoms with van der Waals surface area (Å²) in [4.78, 5) is 23.1. The first-order chi connectivity index (χ1) is 9.49. The summed E-state index contributed by atoms with van der Waals surface area (Å²) in [6, 6.07) is 6.95. The van der Waals surface area contributed by atoms with Gasteiger partial charge in [-0.1, -0.05) is 30.5 Å². The summed E-state index contributed by atoms with van der Waals surface area (Å²) in [5.41, 5.74) is 0.264. The lowest BCUT2D eigenvalue weighted by atomic mass is 9.79. The molecule has 0 saturated heterocycles. The van der Waals surface area contributed by atoms with Crippen molar-refractivity contribution in [2.24, 2.45) is 5.41 Å². The van der Waals surface area contributed by atoms with Crippen LogP contribution in [0.3, 0.4) is 0 Å². The molecule has 1 aliphatic carbocycles. The van der Waals surface area contributed by atoms with Crippen molar-refractivity contribution in [2.75, 3.05) is 5.32 Å². The number of amides is 1. The minimum Gasteiger partial charge on any atom is -0.481 e. The van der Waals surface area contributed by atoms with E-state index in [-0.39, 0.29) is 24.2 Å². The van der Waals surface area contributed by atoms with Crippen LogP contribution in [-0.2, 0) is 9.59 Å². The van der Waals surface area contributed by atoms with Gasteiger partial charge in [0.2, 0.25) is 5.91 Å². The molecule has 0 unspecified atom stereocenters. The van der Waals surface area contributed by atoms with Crippen molar-refractivity contribution in [3.05, 3.63) is 29.3 Å². The van der Waals surface area contributed by atoms with Gasteiger partial charge in [0.05, 0.1) is 6.42 Å². The second-order valence-corrected chi connectivity index (χ2v) is 5.95. The van der Waals surface area contributed by atoms with Gasteiger partial charge >= 0.3 is 5.97 Å². The van der Waals surface area contributed by atoms with Crippen LogP contribution in [0.15, 0.2) is 24.3 Å². The summed E-state index contributed by atoms with van der Waals surface area (Å²) < 4.78 is 0. The first-order valence-corrected chi connectivity index (χ1v) is 7.14. The van der Waals surface area contributed by atoms with Crippen molar-refractivity contribution in [3.63, 3.8) is 0 Å². The number of hydrogen-bond donors (Lipinski definition) is 2. The van der Waals surface area contributed by atoms with Gasteiger partial charge < -0.3 is 10.4 Å². The van der Waals surface area contributed by atoms with E-state index < -0.39 is 5.97 Å². The summed E-state index contributed by atoms with van der Waals surface area (Å²) in [6.45, 7) is 0. The number of benzene rings is 1. The van der Waals surface area contributed by atoms with E-state index in [9.17, 15) is 9.59 Å². The third kappa shape index (κ3) is 3.97.